The summed E-state index contributed by atoms with van der Waals surface area (Å²) in [6.45, 7) is 0.365. The Hall–Kier alpha value is -3.20. The number of likely N-dealkylation sites (N-methyl/N-ethyl adjacent to an activating group) is 1. The van der Waals surface area contributed by atoms with Crippen LogP contribution in [0.4, 0.5) is 4.39 Å². The zero-order valence-corrected chi connectivity index (χ0v) is 13.6. The Bertz CT molecular complexity index is 873. The third-order valence-electron chi connectivity index (χ3n) is 3.95. The molecule has 2 aromatic rings. The average molecular weight is 337 g/mol. The van der Waals surface area contributed by atoms with Crippen LogP contribution in [0.25, 0.3) is 0 Å². The molecule has 0 spiro atoms. The van der Waals surface area contributed by atoms with Crippen LogP contribution in [-0.4, -0.2) is 29.7 Å². The SMILES string of the molecule is CN(Cc1cccc(C#N)c1)C(=O)C1CC(c2cccc(F)c2)=NO1. The van der Waals surface area contributed by atoms with Crippen LogP contribution in [0.3, 0.4) is 0 Å². The summed E-state index contributed by atoms with van der Waals surface area (Å²) in [6, 6.07) is 15.2. The van der Waals surface area contributed by atoms with Gasteiger partial charge in [0.2, 0.25) is 6.10 Å². The Labute approximate surface area is 144 Å². The molecule has 3 rings (SSSR count). The smallest absolute Gasteiger partial charge is 0.266 e. The van der Waals surface area contributed by atoms with Crippen molar-refractivity contribution in [3.8, 4) is 6.07 Å². The maximum atomic E-state index is 13.3. The molecular weight excluding hydrogens is 321 g/mol. The number of nitriles is 1. The first-order chi connectivity index (χ1) is 12.1. The van der Waals surface area contributed by atoms with Crippen LogP contribution in [0.15, 0.2) is 53.7 Å². The number of carbonyl (C=O) groups excluding carboxylic acids is 1. The summed E-state index contributed by atoms with van der Waals surface area (Å²) >= 11 is 0. The van der Waals surface area contributed by atoms with Gasteiger partial charge in [-0.25, -0.2) is 4.39 Å². The second-order valence-electron chi connectivity index (χ2n) is 5.85. The number of hydrogen-bond acceptors (Lipinski definition) is 4. The third kappa shape index (κ3) is 3.83. The second kappa shape index (κ2) is 7.14. The number of halogens is 1. The van der Waals surface area contributed by atoms with Crippen LogP contribution in [-0.2, 0) is 16.2 Å². The molecule has 5 nitrogen and oxygen atoms in total. The van der Waals surface area contributed by atoms with E-state index in [9.17, 15) is 9.18 Å². The third-order valence-corrected chi connectivity index (χ3v) is 3.95. The van der Waals surface area contributed by atoms with Crippen LogP contribution in [0.5, 0.6) is 0 Å². The molecule has 1 atom stereocenters. The highest BCUT2D eigenvalue weighted by atomic mass is 19.1. The van der Waals surface area contributed by atoms with Crippen molar-refractivity contribution >= 4 is 11.6 Å². The van der Waals surface area contributed by atoms with Crippen LogP contribution in [0, 0.1) is 17.1 Å². The molecule has 2 aromatic carbocycles. The lowest BCUT2D eigenvalue weighted by Gasteiger charge is -2.20. The summed E-state index contributed by atoms with van der Waals surface area (Å²) < 4.78 is 13.3. The fraction of sp³-hybridized carbons (Fsp3) is 0.211. The summed E-state index contributed by atoms with van der Waals surface area (Å²) in [6.07, 6.45) is -0.423. The lowest BCUT2D eigenvalue weighted by atomic mass is 10.0. The Morgan fingerprint density at radius 2 is 2.16 bits per heavy atom. The number of amides is 1. The van der Waals surface area contributed by atoms with Gasteiger partial charge in [0.05, 0.1) is 17.3 Å². The Kier molecular flexibility index (Phi) is 4.75. The normalized spacial score (nSPS) is 15.9. The van der Waals surface area contributed by atoms with E-state index in [4.69, 9.17) is 10.1 Å². The first-order valence-electron chi connectivity index (χ1n) is 7.79. The number of oxime groups is 1. The van der Waals surface area contributed by atoms with E-state index in [1.165, 1.54) is 17.0 Å². The van der Waals surface area contributed by atoms with Crippen molar-refractivity contribution in [2.75, 3.05) is 7.05 Å². The molecule has 0 aromatic heterocycles. The Morgan fingerprint density at radius 3 is 2.92 bits per heavy atom. The monoisotopic (exact) mass is 337 g/mol. The molecule has 0 saturated heterocycles. The molecule has 1 heterocycles. The van der Waals surface area contributed by atoms with E-state index >= 15 is 0 Å². The van der Waals surface area contributed by atoms with Gasteiger partial charge in [0.15, 0.2) is 0 Å². The molecule has 0 saturated carbocycles. The topological polar surface area (TPSA) is 65.7 Å². The minimum absolute atomic E-state index is 0.211. The Balaban J connectivity index is 1.63. The van der Waals surface area contributed by atoms with Gasteiger partial charge in [0.25, 0.3) is 5.91 Å². The minimum atomic E-state index is -0.720. The van der Waals surface area contributed by atoms with Crippen LogP contribution < -0.4 is 0 Å². The van der Waals surface area contributed by atoms with E-state index < -0.39 is 6.10 Å². The lowest BCUT2D eigenvalue weighted by molar-refractivity contribution is -0.141. The molecule has 126 valence electrons. The highest BCUT2D eigenvalue weighted by molar-refractivity contribution is 6.04. The average Bonchev–Trinajstić information content (AvgIpc) is 3.11. The van der Waals surface area contributed by atoms with Crippen molar-refractivity contribution < 1.29 is 14.0 Å². The van der Waals surface area contributed by atoms with Crippen molar-refractivity contribution in [2.24, 2.45) is 5.16 Å². The second-order valence-corrected chi connectivity index (χ2v) is 5.85. The molecule has 1 aliphatic rings. The zero-order valence-electron chi connectivity index (χ0n) is 13.6. The largest absolute Gasteiger partial charge is 0.382 e. The predicted molar refractivity (Wildman–Crippen MR) is 90.1 cm³/mol. The van der Waals surface area contributed by atoms with Crippen LogP contribution in [0.2, 0.25) is 0 Å². The van der Waals surface area contributed by atoms with Crippen LogP contribution in [0.1, 0.15) is 23.1 Å². The van der Waals surface area contributed by atoms with Gasteiger partial charge in [-0.15, -0.1) is 0 Å². The van der Waals surface area contributed by atoms with Gasteiger partial charge in [-0.1, -0.05) is 29.4 Å². The van der Waals surface area contributed by atoms with Gasteiger partial charge < -0.3 is 9.74 Å². The zero-order chi connectivity index (χ0) is 17.8. The molecule has 1 unspecified atom stereocenters. The fourth-order valence-corrected chi connectivity index (χ4v) is 2.69. The van der Waals surface area contributed by atoms with E-state index in [2.05, 4.69) is 11.2 Å². The van der Waals surface area contributed by atoms with Gasteiger partial charge in [-0.05, 0) is 29.8 Å². The first kappa shape index (κ1) is 16.7. The van der Waals surface area contributed by atoms with Crippen molar-refractivity contribution in [1.29, 1.82) is 5.26 Å². The van der Waals surface area contributed by atoms with Gasteiger partial charge in [-0.2, -0.15) is 5.26 Å². The summed E-state index contributed by atoms with van der Waals surface area (Å²) in [5.74, 6) is -0.568. The molecule has 0 aliphatic carbocycles. The van der Waals surface area contributed by atoms with Gasteiger partial charge in [0, 0.05) is 25.6 Å². The number of nitrogens with zero attached hydrogens (tertiary/aromatic N) is 3. The predicted octanol–water partition coefficient (Wildman–Crippen LogP) is 2.85. The lowest BCUT2D eigenvalue weighted by Crippen LogP contribution is -2.36. The quantitative estimate of drug-likeness (QED) is 0.862. The van der Waals surface area contributed by atoms with E-state index in [-0.39, 0.29) is 11.7 Å². The standard InChI is InChI=1S/C19H16FN3O2/c1-23(12-14-5-2-4-13(8-14)11-21)19(24)18-10-17(22-25-18)15-6-3-7-16(20)9-15/h2-9,18H,10,12H2,1H3. The van der Waals surface area contributed by atoms with Gasteiger partial charge >= 0.3 is 0 Å². The minimum Gasteiger partial charge on any atom is -0.382 e. The first-order valence-corrected chi connectivity index (χ1v) is 7.79. The van der Waals surface area contributed by atoms with E-state index in [1.54, 1.807) is 37.4 Å². The number of hydrogen-bond donors (Lipinski definition) is 0. The molecular formula is C19H16FN3O2. The molecule has 6 heteroatoms. The maximum absolute atomic E-state index is 13.3. The van der Waals surface area contributed by atoms with E-state index in [0.717, 1.165) is 5.56 Å². The van der Waals surface area contributed by atoms with Crippen molar-refractivity contribution in [2.45, 2.75) is 19.1 Å². The van der Waals surface area contributed by atoms with Crippen LogP contribution >= 0.6 is 0 Å². The number of rotatable bonds is 4. The molecule has 1 amide bonds. The Morgan fingerprint density at radius 1 is 1.36 bits per heavy atom. The highest BCUT2D eigenvalue weighted by Crippen LogP contribution is 2.19. The van der Waals surface area contributed by atoms with E-state index in [0.29, 0.717) is 29.8 Å². The molecule has 0 fully saturated rings. The molecule has 0 N–H and O–H groups in total. The molecule has 1 aliphatic heterocycles. The highest BCUT2D eigenvalue weighted by Gasteiger charge is 2.31. The van der Waals surface area contributed by atoms with E-state index in [1.807, 2.05) is 6.07 Å². The van der Waals surface area contributed by atoms with Crippen molar-refractivity contribution in [3.63, 3.8) is 0 Å². The number of carbonyl (C=O) groups is 1. The molecule has 25 heavy (non-hydrogen) atoms. The maximum Gasteiger partial charge on any atom is 0.266 e. The van der Waals surface area contributed by atoms with Crippen molar-refractivity contribution in [3.05, 3.63) is 71.0 Å². The summed E-state index contributed by atoms with van der Waals surface area (Å²) in [7, 11) is 1.67. The molecule has 0 radical (unpaired) electrons. The number of benzene rings is 2. The molecule has 0 bridgehead atoms. The summed E-state index contributed by atoms with van der Waals surface area (Å²) in [5.41, 5.74) is 2.57. The summed E-state index contributed by atoms with van der Waals surface area (Å²) in [5, 5.41) is 12.9. The van der Waals surface area contributed by atoms with Gasteiger partial charge in [0.1, 0.15) is 5.82 Å². The fourth-order valence-electron chi connectivity index (χ4n) is 2.69. The van der Waals surface area contributed by atoms with Crippen molar-refractivity contribution in [1.82, 2.24) is 4.90 Å². The summed E-state index contributed by atoms with van der Waals surface area (Å²) in [4.78, 5) is 19.3. The van der Waals surface area contributed by atoms with Gasteiger partial charge in [-0.3, -0.25) is 4.79 Å².